The Bertz CT molecular complexity index is 660. The molecule has 0 aliphatic carbocycles. The predicted octanol–water partition coefficient (Wildman–Crippen LogP) is 3.32. The van der Waals surface area contributed by atoms with Crippen LogP contribution in [0.3, 0.4) is 0 Å². The molecule has 0 aliphatic rings. The third-order valence-electron chi connectivity index (χ3n) is 3.86. The fourth-order valence-corrected chi connectivity index (χ4v) is 2.46. The molecular weight excluding hydrogens is 406 g/mol. The molecule has 0 saturated heterocycles. The molecule has 0 unspecified atom stereocenters. The highest BCUT2D eigenvalue weighted by Gasteiger charge is 2.06. The molecule has 0 aromatic heterocycles. The maximum Gasteiger partial charge on any atom is 0.161 e. The molecule has 0 atom stereocenters. The van der Waals surface area contributed by atoms with Gasteiger partial charge in [0.25, 0.3) is 0 Å². The first kappa shape index (κ1) is 26.4. The second-order valence-electron chi connectivity index (χ2n) is 5.90. The minimum absolute atomic E-state index is 0. The van der Waals surface area contributed by atoms with E-state index in [2.05, 4.69) is 10.6 Å². The molecule has 8 heteroatoms. The zero-order valence-corrected chi connectivity index (χ0v) is 17.6. The van der Waals surface area contributed by atoms with Gasteiger partial charge in [-0.15, -0.1) is 24.8 Å². The van der Waals surface area contributed by atoms with Crippen molar-refractivity contribution in [2.24, 2.45) is 0 Å². The zero-order chi connectivity index (χ0) is 18.6. The van der Waals surface area contributed by atoms with Gasteiger partial charge >= 0.3 is 0 Å². The van der Waals surface area contributed by atoms with Crippen LogP contribution in [0.25, 0.3) is 0 Å². The van der Waals surface area contributed by atoms with Gasteiger partial charge in [-0.1, -0.05) is 18.2 Å². The Hall–Kier alpha value is -1.57. The lowest BCUT2D eigenvalue weighted by atomic mass is 10.2. The highest BCUT2D eigenvalue weighted by molar-refractivity contribution is 5.85. The Morgan fingerprint density at radius 2 is 1.57 bits per heavy atom. The van der Waals surface area contributed by atoms with Crippen molar-refractivity contribution in [3.8, 4) is 11.5 Å². The number of hydrogen-bond acceptors (Lipinski definition) is 5. The van der Waals surface area contributed by atoms with Crippen LogP contribution in [0.5, 0.6) is 11.5 Å². The quantitative estimate of drug-likeness (QED) is 0.447. The number of hydrogen-bond donors (Lipinski definition) is 3. The van der Waals surface area contributed by atoms with E-state index in [4.69, 9.17) is 14.6 Å². The Morgan fingerprint density at radius 1 is 0.893 bits per heavy atom. The van der Waals surface area contributed by atoms with Crippen molar-refractivity contribution < 1.29 is 19.0 Å². The monoisotopic (exact) mass is 434 g/mol. The summed E-state index contributed by atoms with van der Waals surface area (Å²) in [7, 11) is 1.62. The lowest BCUT2D eigenvalue weighted by Crippen LogP contribution is -2.23. The fourth-order valence-electron chi connectivity index (χ4n) is 2.46. The van der Waals surface area contributed by atoms with Gasteiger partial charge < -0.3 is 25.2 Å². The van der Waals surface area contributed by atoms with E-state index in [1.807, 2.05) is 18.2 Å². The minimum atomic E-state index is -0.257. The largest absolute Gasteiger partial charge is 0.493 e. The van der Waals surface area contributed by atoms with Crippen LogP contribution in [0.2, 0.25) is 0 Å². The second kappa shape index (κ2) is 15.4. The molecule has 3 N–H and O–H groups in total. The molecule has 0 heterocycles. The van der Waals surface area contributed by atoms with E-state index in [9.17, 15) is 4.39 Å². The van der Waals surface area contributed by atoms with E-state index in [1.54, 1.807) is 19.2 Å². The van der Waals surface area contributed by atoms with E-state index in [1.165, 1.54) is 12.1 Å². The molecule has 158 valence electrons. The number of nitrogens with one attached hydrogen (secondary N) is 2. The van der Waals surface area contributed by atoms with Crippen molar-refractivity contribution in [3.05, 3.63) is 59.4 Å². The number of rotatable bonds is 12. The summed E-state index contributed by atoms with van der Waals surface area (Å²) in [6, 6.07) is 12.1. The normalized spacial score (nSPS) is 9.96. The molecule has 2 aromatic rings. The summed E-state index contributed by atoms with van der Waals surface area (Å²) in [5.41, 5.74) is 2.01. The van der Waals surface area contributed by atoms with E-state index in [-0.39, 0.29) is 37.2 Å². The highest BCUT2D eigenvalue weighted by atomic mass is 35.5. The summed E-state index contributed by atoms with van der Waals surface area (Å²) in [5, 5.41) is 15.2. The first-order chi connectivity index (χ1) is 12.7. The van der Waals surface area contributed by atoms with Crippen LogP contribution in [-0.4, -0.2) is 38.5 Å². The SMILES string of the molecule is COc1cc(CNCCCNCCO)ccc1OCc1ccc(F)cc1.Cl.Cl. The van der Waals surface area contributed by atoms with Crippen molar-refractivity contribution >= 4 is 24.8 Å². The second-order valence-corrected chi connectivity index (χ2v) is 5.90. The van der Waals surface area contributed by atoms with Crippen molar-refractivity contribution in [3.63, 3.8) is 0 Å². The number of aliphatic hydroxyl groups is 1. The van der Waals surface area contributed by atoms with E-state index >= 15 is 0 Å². The van der Waals surface area contributed by atoms with Crippen LogP contribution in [-0.2, 0) is 13.2 Å². The lowest BCUT2D eigenvalue weighted by molar-refractivity contribution is 0.284. The molecule has 0 radical (unpaired) electrons. The topological polar surface area (TPSA) is 62.8 Å². The average molecular weight is 435 g/mol. The van der Waals surface area contributed by atoms with Gasteiger partial charge in [-0.05, 0) is 54.9 Å². The smallest absolute Gasteiger partial charge is 0.161 e. The third-order valence-corrected chi connectivity index (χ3v) is 3.86. The third kappa shape index (κ3) is 9.57. The van der Waals surface area contributed by atoms with E-state index < -0.39 is 0 Å². The molecular formula is C20H29Cl2FN2O3. The van der Waals surface area contributed by atoms with Gasteiger partial charge in [-0.25, -0.2) is 4.39 Å². The van der Waals surface area contributed by atoms with Crippen LogP contribution in [0, 0.1) is 5.82 Å². The first-order valence-electron chi connectivity index (χ1n) is 8.79. The number of methoxy groups -OCH3 is 1. The van der Waals surface area contributed by atoms with Crippen LogP contribution in [0.1, 0.15) is 17.5 Å². The number of ether oxygens (including phenoxy) is 2. The van der Waals surface area contributed by atoms with Gasteiger partial charge in [0.1, 0.15) is 12.4 Å². The fraction of sp³-hybridized carbons (Fsp3) is 0.400. The van der Waals surface area contributed by atoms with Crippen molar-refractivity contribution in [2.75, 3.05) is 33.4 Å². The van der Waals surface area contributed by atoms with Crippen molar-refractivity contribution in [1.82, 2.24) is 10.6 Å². The van der Waals surface area contributed by atoms with E-state index in [0.29, 0.717) is 24.7 Å². The number of halogens is 3. The average Bonchev–Trinajstić information content (AvgIpc) is 2.67. The zero-order valence-electron chi connectivity index (χ0n) is 15.9. The van der Waals surface area contributed by atoms with Gasteiger partial charge in [0.05, 0.1) is 13.7 Å². The highest BCUT2D eigenvalue weighted by Crippen LogP contribution is 2.28. The van der Waals surface area contributed by atoms with Crippen LogP contribution in [0.4, 0.5) is 4.39 Å². The summed E-state index contributed by atoms with van der Waals surface area (Å²) in [5.74, 6) is 1.08. The molecule has 0 aliphatic heterocycles. The Labute approximate surface area is 178 Å². The maximum atomic E-state index is 12.9. The van der Waals surface area contributed by atoms with Crippen molar-refractivity contribution in [1.29, 1.82) is 0 Å². The summed E-state index contributed by atoms with van der Waals surface area (Å²) in [6.45, 7) is 3.68. The molecule has 0 bridgehead atoms. The van der Waals surface area contributed by atoms with Crippen LogP contribution < -0.4 is 20.1 Å². The van der Waals surface area contributed by atoms with Gasteiger partial charge in [0, 0.05) is 13.1 Å². The Balaban J connectivity index is 0.00000364. The van der Waals surface area contributed by atoms with Gasteiger partial charge in [-0.2, -0.15) is 0 Å². The van der Waals surface area contributed by atoms with E-state index in [0.717, 1.165) is 37.2 Å². The van der Waals surface area contributed by atoms with Gasteiger partial charge in [-0.3, -0.25) is 0 Å². The lowest BCUT2D eigenvalue weighted by Gasteiger charge is -2.13. The first-order valence-corrected chi connectivity index (χ1v) is 8.79. The maximum absolute atomic E-state index is 12.9. The molecule has 2 aromatic carbocycles. The number of benzene rings is 2. The molecule has 0 saturated carbocycles. The van der Waals surface area contributed by atoms with Crippen LogP contribution >= 0.6 is 24.8 Å². The predicted molar refractivity (Wildman–Crippen MR) is 115 cm³/mol. The summed E-state index contributed by atoms with van der Waals surface area (Å²) < 4.78 is 24.1. The molecule has 0 spiro atoms. The molecule has 2 rings (SSSR count). The van der Waals surface area contributed by atoms with Crippen molar-refractivity contribution in [2.45, 2.75) is 19.6 Å². The van der Waals surface area contributed by atoms with Gasteiger partial charge in [0.2, 0.25) is 0 Å². The van der Waals surface area contributed by atoms with Crippen LogP contribution in [0.15, 0.2) is 42.5 Å². The Kier molecular flexibility index (Phi) is 14.5. The molecule has 28 heavy (non-hydrogen) atoms. The summed E-state index contributed by atoms with van der Waals surface area (Å²) in [6.07, 6.45) is 0.996. The molecule has 0 amide bonds. The number of aliphatic hydroxyl groups excluding tert-OH is 1. The van der Waals surface area contributed by atoms with Gasteiger partial charge in [0.15, 0.2) is 11.5 Å². The molecule has 5 nitrogen and oxygen atoms in total. The standard InChI is InChI=1S/C20H27FN2O3.2ClH/c1-25-20-13-17(14-23-10-2-9-22-11-12-24)5-8-19(20)26-15-16-3-6-18(21)7-4-16;;/h3-8,13,22-24H,2,9-12,14-15H2,1H3;2*1H. The molecule has 0 fully saturated rings. The summed E-state index contributed by atoms with van der Waals surface area (Å²) >= 11 is 0. The Morgan fingerprint density at radius 3 is 2.25 bits per heavy atom. The summed E-state index contributed by atoms with van der Waals surface area (Å²) in [4.78, 5) is 0. The minimum Gasteiger partial charge on any atom is -0.493 e.